The van der Waals surface area contributed by atoms with Crippen molar-refractivity contribution in [3.8, 4) is 11.5 Å². The molecule has 9 heteroatoms. The number of carbonyl (C=O) groups is 2. The second kappa shape index (κ2) is 9.97. The molecule has 1 unspecified atom stereocenters. The highest BCUT2D eigenvalue weighted by Gasteiger charge is 2.34. The van der Waals surface area contributed by atoms with Crippen molar-refractivity contribution in [3.63, 3.8) is 0 Å². The molecule has 0 saturated carbocycles. The van der Waals surface area contributed by atoms with Crippen LogP contribution in [0, 0.1) is 0 Å². The maximum atomic E-state index is 13.0. The van der Waals surface area contributed by atoms with Gasteiger partial charge in [0.2, 0.25) is 0 Å². The van der Waals surface area contributed by atoms with Crippen LogP contribution in [0.4, 0.5) is 0 Å². The number of hydrogen-bond donors (Lipinski definition) is 0. The van der Waals surface area contributed by atoms with E-state index in [-0.39, 0.29) is 25.0 Å². The summed E-state index contributed by atoms with van der Waals surface area (Å²) in [5.74, 6) is 0.361. The lowest BCUT2D eigenvalue weighted by Crippen LogP contribution is -2.31. The minimum absolute atomic E-state index is 0.147. The molecule has 0 aliphatic carbocycles. The van der Waals surface area contributed by atoms with Crippen LogP contribution < -0.4 is 9.47 Å². The van der Waals surface area contributed by atoms with Crippen LogP contribution in [0.2, 0.25) is 0 Å². The van der Waals surface area contributed by atoms with E-state index in [2.05, 4.69) is 5.10 Å². The largest absolute Gasteiger partial charge is 0.493 e. The average molecular weight is 471 g/mol. The third kappa shape index (κ3) is 4.84. The van der Waals surface area contributed by atoms with Crippen molar-refractivity contribution in [3.05, 3.63) is 68.5 Å². The highest BCUT2D eigenvalue weighted by molar-refractivity contribution is 7.12. The summed E-state index contributed by atoms with van der Waals surface area (Å²) in [6.07, 6.45) is 0.693. The number of hydrogen-bond acceptors (Lipinski definition) is 8. The second-order valence-electron chi connectivity index (χ2n) is 7.01. The van der Waals surface area contributed by atoms with Crippen molar-refractivity contribution < 1.29 is 23.8 Å². The molecule has 7 nitrogen and oxygen atoms in total. The van der Waals surface area contributed by atoms with Crippen molar-refractivity contribution in [2.24, 2.45) is 5.10 Å². The van der Waals surface area contributed by atoms with Gasteiger partial charge in [-0.15, -0.1) is 22.7 Å². The molecule has 166 valence electrons. The smallest absolute Gasteiger partial charge is 0.311 e. The van der Waals surface area contributed by atoms with Gasteiger partial charge in [-0.05, 0) is 40.6 Å². The number of thiophene rings is 2. The fourth-order valence-corrected chi connectivity index (χ4v) is 4.88. The lowest BCUT2D eigenvalue weighted by molar-refractivity contribution is -0.152. The first kappa shape index (κ1) is 22.0. The Hall–Kier alpha value is -3.17. The molecule has 0 fully saturated rings. The summed E-state index contributed by atoms with van der Waals surface area (Å²) < 4.78 is 16.0. The van der Waals surface area contributed by atoms with E-state index in [9.17, 15) is 9.59 Å². The Bertz CT molecular complexity index is 1110. The first-order valence-electron chi connectivity index (χ1n) is 9.92. The number of carbonyl (C=O) groups excluding carboxylic acids is 2. The lowest BCUT2D eigenvalue weighted by atomic mass is 10.0. The van der Waals surface area contributed by atoms with Crippen LogP contribution in [0.5, 0.6) is 11.5 Å². The molecule has 3 heterocycles. The topological polar surface area (TPSA) is 77.4 Å². The Morgan fingerprint density at radius 2 is 1.84 bits per heavy atom. The molecule has 0 N–H and O–H groups in total. The van der Waals surface area contributed by atoms with Crippen LogP contribution in [0.25, 0.3) is 0 Å². The normalized spacial score (nSPS) is 15.4. The summed E-state index contributed by atoms with van der Waals surface area (Å²) in [6.45, 7) is -0.366. The van der Waals surface area contributed by atoms with Gasteiger partial charge in [0.1, 0.15) is 0 Å². The van der Waals surface area contributed by atoms with Crippen LogP contribution in [0.1, 0.15) is 27.8 Å². The van der Waals surface area contributed by atoms with Crippen LogP contribution >= 0.6 is 22.7 Å². The monoisotopic (exact) mass is 470 g/mol. The number of ether oxygens (including phenoxy) is 3. The zero-order valence-electron chi connectivity index (χ0n) is 17.6. The minimum atomic E-state index is -0.440. The summed E-state index contributed by atoms with van der Waals surface area (Å²) in [7, 11) is 3.14. The van der Waals surface area contributed by atoms with E-state index in [0.29, 0.717) is 17.9 Å². The van der Waals surface area contributed by atoms with Crippen LogP contribution in [-0.4, -0.2) is 43.4 Å². The molecule has 1 atom stereocenters. The molecule has 1 aliphatic rings. The van der Waals surface area contributed by atoms with E-state index < -0.39 is 5.97 Å². The van der Waals surface area contributed by atoms with E-state index in [1.807, 2.05) is 47.2 Å². The molecule has 0 saturated heterocycles. The fourth-order valence-electron chi connectivity index (χ4n) is 3.47. The fraction of sp³-hybridized carbons (Fsp3) is 0.261. The van der Waals surface area contributed by atoms with Gasteiger partial charge >= 0.3 is 5.97 Å². The van der Waals surface area contributed by atoms with Crippen molar-refractivity contribution in [1.29, 1.82) is 0 Å². The van der Waals surface area contributed by atoms with Gasteiger partial charge in [-0.3, -0.25) is 9.59 Å². The summed E-state index contributed by atoms with van der Waals surface area (Å²) >= 11 is 3.04. The molecule has 0 bridgehead atoms. The third-order valence-electron chi connectivity index (χ3n) is 5.02. The number of amides is 1. The number of esters is 1. The Kier molecular flexibility index (Phi) is 6.87. The van der Waals surface area contributed by atoms with Gasteiger partial charge in [0.15, 0.2) is 18.1 Å². The lowest BCUT2D eigenvalue weighted by Gasteiger charge is -2.22. The van der Waals surface area contributed by atoms with Crippen LogP contribution in [0.3, 0.4) is 0 Å². The van der Waals surface area contributed by atoms with Gasteiger partial charge < -0.3 is 14.2 Å². The highest BCUT2D eigenvalue weighted by atomic mass is 32.1. The molecule has 4 rings (SSSR count). The SMILES string of the molecule is COc1ccc(C2CC(c3cccs3)=NN2C(=O)COC(=O)Cc2cccs2)cc1OC. The van der Waals surface area contributed by atoms with Crippen LogP contribution in [0.15, 0.2) is 58.3 Å². The number of benzene rings is 1. The van der Waals surface area contributed by atoms with Crippen molar-refractivity contribution >= 4 is 40.3 Å². The predicted molar refractivity (Wildman–Crippen MR) is 124 cm³/mol. The summed E-state index contributed by atoms with van der Waals surface area (Å²) in [6, 6.07) is 12.9. The number of hydrazone groups is 1. The Balaban J connectivity index is 1.53. The zero-order chi connectivity index (χ0) is 22.5. The van der Waals surface area contributed by atoms with Gasteiger partial charge in [0.25, 0.3) is 5.91 Å². The number of methoxy groups -OCH3 is 2. The van der Waals surface area contributed by atoms with E-state index in [0.717, 1.165) is 21.0 Å². The molecule has 32 heavy (non-hydrogen) atoms. The highest BCUT2D eigenvalue weighted by Crippen LogP contribution is 2.37. The van der Waals surface area contributed by atoms with Gasteiger partial charge in [-0.2, -0.15) is 5.10 Å². The quantitative estimate of drug-likeness (QED) is 0.459. The number of rotatable bonds is 8. The second-order valence-corrected chi connectivity index (χ2v) is 8.99. The Labute approximate surface area is 193 Å². The van der Waals surface area contributed by atoms with Gasteiger partial charge in [0, 0.05) is 11.3 Å². The molecular formula is C23H22N2O5S2. The first-order chi connectivity index (χ1) is 15.6. The molecular weight excluding hydrogens is 448 g/mol. The Morgan fingerprint density at radius 1 is 1.06 bits per heavy atom. The molecule has 0 spiro atoms. The summed E-state index contributed by atoms with van der Waals surface area (Å²) in [4.78, 5) is 27.0. The Morgan fingerprint density at radius 3 is 2.53 bits per heavy atom. The zero-order valence-corrected chi connectivity index (χ0v) is 19.3. The number of nitrogens with zero attached hydrogens (tertiary/aromatic N) is 2. The third-order valence-corrected chi connectivity index (χ3v) is 6.81. The molecule has 1 aromatic carbocycles. The summed E-state index contributed by atoms with van der Waals surface area (Å²) in [5, 5.41) is 9.87. The van der Waals surface area contributed by atoms with Crippen molar-refractivity contribution in [2.75, 3.05) is 20.8 Å². The van der Waals surface area contributed by atoms with Crippen LogP contribution in [-0.2, 0) is 20.7 Å². The van der Waals surface area contributed by atoms with Crippen molar-refractivity contribution in [1.82, 2.24) is 5.01 Å². The summed E-state index contributed by atoms with van der Waals surface area (Å²) in [5.41, 5.74) is 1.68. The predicted octanol–water partition coefficient (Wildman–Crippen LogP) is 4.29. The van der Waals surface area contributed by atoms with Gasteiger partial charge in [0.05, 0.1) is 37.3 Å². The molecule has 3 aromatic rings. The van der Waals surface area contributed by atoms with Gasteiger partial charge in [-0.1, -0.05) is 18.2 Å². The van der Waals surface area contributed by atoms with E-state index in [4.69, 9.17) is 14.2 Å². The average Bonchev–Trinajstić information content (AvgIpc) is 3.58. The molecule has 1 aliphatic heterocycles. The van der Waals surface area contributed by atoms with Crippen molar-refractivity contribution in [2.45, 2.75) is 18.9 Å². The molecule has 2 aromatic heterocycles. The molecule has 1 amide bonds. The maximum Gasteiger partial charge on any atom is 0.311 e. The first-order valence-corrected chi connectivity index (χ1v) is 11.7. The standard InChI is InChI=1S/C23H22N2O5S2/c1-28-19-8-7-15(11-20(19)29-2)18-13-17(21-6-4-10-32-21)24-25(18)22(26)14-30-23(27)12-16-5-3-9-31-16/h3-11,18H,12-14H2,1-2H3. The van der Waals surface area contributed by atoms with E-state index in [1.54, 1.807) is 31.6 Å². The van der Waals surface area contributed by atoms with E-state index >= 15 is 0 Å². The minimum Gasteiger partial charge on any atom is -0.493 e. The van der Waals surface area contributed by atoms with Gasteiger partial charge in [-0.25, -0.2) is 5.01 Å². The maximum absolute atomic E-state index is 13.0. The van der Waals surface area contributed by atoms with E-state index in [1.165, 1.54) is 16.3 Å². The molecule has 0 radical (unpaired) electrons.